The number of aromatic nitrogens is 3. The van der Waals surface area contributed by atoms with Crippen molar-refractivity contribution in [3.8, 4) is 5.75 Å². The highest BCUT2D eigenvalue weighted by atomic mass is 16.5. The summed E-state index contributed by atoms with van der Waals surface area (Å²) in [5, 5.41) is 3.78. The van der Waals surface area contributed by atoms with Gasteiger partial charge >= 0.3 is 0 Å². The lowest BCUT2D eigenvalue weighted by Crippen LogP contribution is -2.26. The van der Waals surface area contributed by atoms with Gasteiger partial charge in [0.25, 0.3) is 5.91 Å². The monoisotopic (exact) mass is 298 g/mol. The molecule has 0 spiro atoms. The SMILES string of the molecule is COc1ccc2[nH]cc(C(=O)NCCc3nccn3C)c2c1. The maximum absolute atomic E-state index is 12.3. The van der Waals surface area contributed by atoms with Crippen molar-refractivity contribution in [2.45, 2.75) is 6.42 Å². The van der Waals surface area contributed by atoms with Crippen LogP contribution in [-0.2, 0) is 13.5 Å². The number of carbonyl (C=O) groups excluding carboxylic acids is 1. The molecule has 3 aromatic rings. The summed E-state index contributed by atoms with van der Waals surface area (Å²) in [4.78, 5) is 19.7. The molecule has 114 valence electrons. The fourth-order valence-electron chi connectivity index (χ4n) is 2.44. The number of amides is 1. The maximum atomic E-state index is 12.3. The lowest BCUT2D eigenvalue weighted by Gasteiger charge is -2.05. The van der Waals surface area contributed by atoms with Gasteiger partial charge in [-0.15, -0.1) is 0 Å². The zero-order valence-corrected chi connectivity index (χ0v) is 12.6. The number of H-pyrrole nitrogens is 1. The molecule has 2 heterocycles. The molecule has 6 heteroatoms. The van der Waals surface area contributed by atoms with Crippen LogP contribution in [0.2, 0.25) is 0 Å². The lowest BCUT2D eigenvalue weighted by molar-refractivity contribution is 0.0955. The molecule has 1 amide bonds. The summed E-state index contributed by atoms with van der Waals surface area (Å²) in [6.07, 6.45) is 6.06. The highest BCUT2D eigenvalue weighted by molar-refractivity contribution is 6.07. The standard InChI is InChI=1S/C16H18N4O2/c1-20-8-7-17-15(20)5-6-18-16(21)13-10-19-14-4-3-11(22-2)9-12(13)14/h3-4,7-10,19H,5-6H2,1-2H3,(H,18,21). The van der Waals surface area contributed by atoms with E-state index in [1.807, 2.05) is 36.0 Å². The second kappa shape index (κ2) is 5.93. The number of benzene rings is 1. The van der Waals surface area contributed by atoms with Gasteiger partial charge in [0.15, 0.2) is 0 Å². The highest BCUT2D eigenvalue weighted by Crippen LogP contribution is 2.23. The van der Waals surface area contributed by atoms with Crippen molar-refractivity contribution in [1.29, 1.82) is 0 Å². The van der Waals surface area contributed by atoms with Crippen LogP contribution < -0.4 is 10.1 Å². The number of aryl methyl sites for hydroxylation is 1. The predicted octanol–water partition coefficient (Wildman–Crippen LogP) is 1.88. The van der Waals surface area contributed by atoms with Gasteiger partial charge in [-0.25, -0.2) is 4.98 Å². The summed E-state index contributed by atoms with van der Waals surface area (Å²) in [5.41, 5.74) is 1.53. The highest BCUT2D eigenvalue weighted by Gasteiger charge is 2.12. The molecule has 3 rings (SSSR count). The van der Waals surface area contributed by atoms with Crippen molar-refractivity contribution in [2.75, 3.05) is 13.7 Å². The van der Waals surface area contributed by atoms with Gasteiger partial charge in [-0.05, 0) is 18.2 Å². The first-order valence-corrected chi connectivity index (χ1v) is 7.08. The average Bonchev–Trinajstić information content (AvgIpc) is 3.13. The van der Waals surface area contributed by atoms with Crippen molar-refractivity contribution in [1.82, 2.24) is 19.9 Å². The van der Waals surface area contributed by atoms with Gasteiger partial charge < -0.3 is 19.6 Å². The number of rotatable bonds is 5. The van der Waals surface area contributed by atoms with Crippen LogP contribution in [-0.4, -0.2) is 34.1 Å². The predicted molar refractivity (Wildman–Crippen MR) is 84.1 cm³/mol. The van der Waals surface area contributed by atoms with Crippen LogP contribution in [0.15, 0.2) is 36.8 Å². The molecule has 0 atom stereocenters. The first-order chi connectivity index (χ1) is 10.7. The molecule has 0 unspecified atom stereocenters. The number of aromatic amines is 1. The van der Waals surface area contributed by atoms with Crippen LogP contribution in [0.25, 0.3) is 10.9 Å². The molecule has 2 aromatic heterocycles. The Kier molecular flexibility index (Phi) is 3.82. The smallest absolute Gasteiger partial charge is 0.253 e. The molecular weight excluding hydrogens is 280 g/mol. The van der Waals surface area contributed by atoms with Crippen molar-refractivity contribution in [3.05, 3.63) is 48.2 Å². The van der Waals surface area contributed by atoms with Crippen LogP contribution in [0.5, 0.6) is 5.75 Å². The van der Waals surface area contributed by atoms with E-state index in [9.17, 15) is 4.79 Å². The molecule has 0 radical (unpaired) electrons. The van der Waals surface area contributed by atoms with Gasteiger partial charge in [0.1, 0.15) is 11.6 Å². The summed E-state index contributed by atoms with van der Waals surface area (Å²) >= 11 is 0. The summed E-state index contributed by atoms with van der Waals surface area (Å²) in [6, 6.07) is 5.62. The van der Waals surface area contributed by atoms with Crippen LogP contribution in [0.1, 0.15) is 16.2 Å². The van der Waals surface area contributed by atoms with Crippen molar-refractivity contribution in [2.24, 2.45) is 7.05 Å². The Labute approximate surface area is 128 Å². The van der Waals surface area contributed by atoms with Crippen molar-refractivity contribution >= 4 is 16.8 Å². The number of hydrogen-bond acceptors (Lipinski definition) is 3. The molecule has 0 saturated heterocycles. The van der Waals surface area contributed by atoms with Crippen molar-refractivity contribution in [3.63, 3.8) is 0 Å². The zero-order valence-electron chi connectivity index (χ0n) is 12.6. The number of carbonyl (C=O) groups is 1. The number of methoxy groups -OCH3 is 1. The molecule has 1 aromatic carbocycles. The fourth-order valence-corrected chi connectivity index (χ4v) is 2.44. The summed E-state index contributed by atoms with van der Waals surface area (Å²) < 4.78 is 7.16. The van der Waals surface area contributed by atoms with Gasteiger partial charge in [-0.2, -0.15) is 0 Å². The maximum Gasteiger partial charge on any atom is 0.253 e. The summed E-state index contributed by atoms with van der Waals surface area (Å²) in [6.45, 7) is 0.542. The third-order valence-electron chi connectivity index (χ3n) is 3.69. The summed E-state index contributed by atoms with van der Waals surface area (Å²) in [7, 11) is 3.55. The normalized spacial score (nSPS) is 10.8. The molecule has 0 saturated carbocycles. The first kappa shape index (κ1) is 14.2. The quantitative estimate of drug-likeness (QED) is 0.755. The average molecular weight is 298 g/mol. The Hall–Kier alpha value is -2.76. The second-order valence-corrected chi connectivity index (χ2v) is 5.07. The van der Waals surface area contributed by atoms with E-state index in [-0.39, 0.29) is 5.91 Å². The van der Waals surface area contributed by atoms with E-state index in [0.29, 0.717) is 18.5 Å². The van der Waals surface area contributed by atoms with Gasteiger partial charge in [0, 0.05) is 49.5 Å². The van der Waals surface area contributed by atoms with E-state index in [1.165, 1.54) is 0 Å². The minimum absolute atomic E-state index is 0.103. The number of fused-ring (bicyclic) bond motifs is 1. The lowest BCUT2D eigenvalue weighted by atomic mass is 10.1. The molecular formula is C16H18N4O2. The van der Waals surface area contributed by atoms with Gasteiger partial charge in [-0.3, -0.25) is 4.79 Å². The largest absolute Gasteiger partial charge is 0.497 e. The number of nitrogens with zero attached hydrogens (tertiary/aromatic N) is 2. The third kappa shape index (κ3) is 2.67. The van der Waals surface area contributed by atoms with Crippen LogP contribution in [0, 0.1) is 0 Å². The van der Waals surface area contributed by atoms with Crippen LogP contribution >= 0.6 is 0 Å². The molecule has 0 aliphatic heterocycles. The van der Waals surface area contributed by atoms with Gasteiger partial charge in [0.05, 0.1) is 12.7 Å². The van der Waals surface area contributed by atoms with Crippen LogP contribution in [0.3, 0.4) is 0 Å². The van der Waals surface area contributed by atoms with E-state index >= 15 is 0 Å². The van der Waals surface area contributed by atoms with E-state index in [0.717, 1.165) is 22.5 Å². The van der Waals surface area contributed by atoms with Crippen LogP contribution in [0.4, 0.5) is 0 Å². The number of ether oxygens (including phenoxy) is 1. The Balaban J connectivity index is 1.71. The molecule has 0 aliphatic carbocycles. The first-order valence-electron chi connectivity index (χ1n) is 7.08. The molecule has 0 aliphatic rings. The number of hydrogen-bond donors (Lipinski definition) is 2. The molecule has 0 bridgehead atoms. The topological polar surface area (TPSA) is 71.9 Å². The molecule has 2 N–H and O–H groups in total. The Morgan fingerprint density at radius 1 is 1.45 bits per heavy atom. The minimum atomic E-state index is -0.103. The van der Waals surface area contributed by atoms with Gasteiger partial charge in [0.2, 0.25) is 0 Å². The number of nitrogens with one attached hydrogen (secondary N) is 2. The van der Waals surface area contributed by atoms with E-state index in [1.54, 1.807) is 19.5 Å². The van der Waals surface area contributed by atoms with Gasteiger partial charge in [-0.1, -0.05) is 0 Å². The third-order valence-corrected chi connectivity index (χ3v) is 3.69. The summed E-state index contributed by atoms with van der Waals surface area (Å²) in [5.74, 6) is 1.57. The number of imidazole rings is 1. The van der Waals surface area contributed by atoms with E-state index < -0.39 is 0 Å². The van der Waals surface area contributed by atoms with Crippen molar-refractivity contribution < 1.29 is 9.53 Å². The second-order valence-electron chi connectivity index (χ2n) is 5.07. The Morgan fingerprint density at radius 3 is 3.05 bits per heavy atom. The minimum Gasteiger partial charge on any atom is -0.497 e. The molecule has 22 heavy (non-hydrogen) atoms. The van der Waals surface area contributed by atoms with E-state index in [2.05, 4.69) is 15.3 Å². The molecule has 6 nitrogen and oxygen atoms in total. The van der Waals surface area contributed by atoms with E-state index in [4.69, 9.17) is 4.74 Å². The fraction of sp³-hybridized carbons (Fsp3) is 0.250. The Morgan fingerprint density at radius 2 is 2.32 bits per heavy atom. The molecule has 0 fully saturated rings. The Bertz CT molecular complexity index is 803. The zero-order chi connectivity index (χ0) is 15.5.